The summed E-state index contributed by atoms with van der Waals surface area (Å²) in [6.07, 6.45) is 1.73. The Morgan fingerprint density at radius 2 is 1.51 bits per heavy atom. The van der Waals surface area contributed by atoms with E-state index in [1.54, 1.807) is 6.07 Å². The average molecular weight is 656 g/mol. The smallest absolute Gasteiger partial charge is 0.305 e. The van der Waals surface area contributed by atoms with Gasteiger partial charge in [0.2, 0.25) is 0 Å². The van der Waals surface area contributed by atoms with Crippen LogP contribution in [0.3, 0.4) is 0 Å². The van der Waals surface area contributed by atoms with Crippen molar-refractivity contribution in [2.75, 3.05) is 13.2 Å². The molecule has 0 spiro atoms. The first kappa shape index (κ1) is 32.8. The van der Waals surface area contributed by atoms with Gasteiger partial charge in [-0.3, -0.25) is 14.4 Å². The Hall–Kier alpha value is -4.10. The summed E-state index contributed by atoms with van der Waals surface area (Å²) in [6, 6.07) is 17.9. The number of hydrogen-bond donors (Lipinski definition) is 1. The molecule has 2 aliphatic carbocycles. The van der Waals surface area contributed by atoms with Gasteiger partial charge in [0.05, 0.1) is 18.1 Å². The van der Waals surface area contributed by atoms with Crippen LogP contribution in [0.5, 0.6) is 11.5 Å². The highest BCUT2D eigenvalue weighted by Gasteiger charge is 2.49. The van der Waals surface area contributed by atoms with Gasteiger partial charge in [0.15, 0.2) is 23.1 Å². The predicted octanol–water partition coefficient (Wildman–Crippen LogP) is 8.63. The Morgan fingerprint density at radius 1 is 0.894 bits per heavy atom. The molecule has 3 aromatic carbocycles. The lowest BCUT2D eigenvalue weighted by atomic mass is 9.63. The SMILES string of the molecule is CCOc1cc(C2C3=C(CC(C)(C)CC3=O)N(CCC(=O)O)C3=C2C(=O)CC(C)(C)C3)cc(Cl)c1OCc1cccc2ccccc12. The van der Waals surface area contributed by atoms with E-state index in [9.17, 15) is 19.5 Å². The number of benzene rings is 3. The first-order chi connectivity index (χ1) is 22.3. The molecular formula is C39H42ClNO6. The van der Waals surface area contributed by atoms with Crippen molar-refractivity contribution in [1.82, 2.24) is 4.90 Å². The molecule has 0 atom stereocenters. The number of carbonyl (C=O) groups is 3. The van der Waals surface area contributed by atoms with Crippen LogP contribution in [-0.2, 0) is 21.0 Å². The number of ketones is 2. The lowest BCUT2D eigenvalue weighted by Crippen LogP contribution is -2.45. The summed E-state index contributed by atoms with van der Waals surface area (Å²) >= 11 is 7.02. The van der Waals surface area contributed by atoms with Crippen LogP contribution in [-0.4, -0.2) is 40.7 Å². The highest BCUT2D eigenvalue weighted by molar-refractivity contribution is 6.32. The van der Waals surface area contributed by atoms with Crippen LogP contribution in [0.2, 0.25) is 5.02 Å². The number of ether oxygens (including phenoxy) is 2. The van der Waals surface area contributed by atoms with Crippen LogP contribution >= 0.6 is 11.6 Å². The number of carboxylic acids is 1. The Labute approximate surface area is 281 Å². The number of carbonyl (C=O) groups excluding carboxylic acids is 2. The number of halogens is 1. The molecule has 8 heteroatoms. The van der Waals surface area contributed by atoms with Gasteiger partial charge >= 0.3 is 5.97 Å². The van der Waals surface area contributed by atoms with Gasteiger partial charge < -0.3 is 19.5 Å². The fourth-order valence-electron chi connectivity index (χ4n) is 7.58. The normalized spacial score (nSPS) is 19.1. The summed E-state index contributed by atoms with van der Waals surface area (Å²) in [5.74, 6) is -0.782. The van der Waals surface area contributed by atoms with Crippen LogP contribution in [0.15, 0.2) is 77.1 Å². The number of allylic oxidation sites excluding steroid dienone is 4. The van der Waals surface area contributed by atoms with Gasteiger partial charge in [-0.05, 0) is 64.6 Å². The molecule has 3 aromatic rings. The number of carboxylic acid groups (broad SMARTS) is 1. The molecule has 1 heterocycles. The maximum Gasteiger partial charge on any atom is 0.305 e. The highest BCUT2D eigenvalue weighted by Crippen LogP contribution is 2.55. The van der Waals surface area contributed by atoms with E-state index in [4.69, 9.17) is 21.1 Å². The highest BCUT2D eigenvalue weighted by atomic mass is 35.5. The monoisotopic (exact) mass is 655 g/mol. The third kappa shape index (κ3) is 6.42. The van der Waals surface area contributed by atoms with Gasteiger partial charge in [-0.25, -0.2) is 0 Å². The number of hydrogen-bond acceptors (Lipinski definition) is 6. The van der Waals surface area contributed by atoms with Crippen molar-refractivity contribution in [3.63, 3.8) is 0 Å². The number of nitrogens with zero attached hydrogens (tertiary/aromatic N) is 1. The van der Waals surface area contributed by atoms with Crippen LogP contribution in [0.4, 0.5) is 0 Å². The van der Waals surface area contributed by atoms with Gasteiger partial charge in [0.1, 0.15) is 6.61 Å². The van der Waals surface area contributed by atoms with Gasteiger partial charge in [-0.1, -0.05) is 81.8 Å². The Balaban J connectivity index is 1.48. The molecule has 3 aliphatic rings. The second kappa shape index (κ2) is 12.5. The van der Waals surface area contributed by atoms with Crippen LogP contribution in [0.25, 0.3) is 10.8 Å². The Kier molecular flexibility index (Phi) is 8.73. The third-order valence-electron chi connectivity index (χ3n) is 9.49. The molecule has 1 N–H and O–H groups in total. The molecule has 47 heavy (non-hydrogen) atoms. The van der Waals surface area contributed by atoms with E-state index in [1.807, 2.05) is 42.2 Å². The molecule has 0 amide bonds. The van der Waals surface area contributed by atoms with Crippen LogP contribution < -0.4 is 9.47 Å². The Morgan fingerprint density at radius 3 is 2.13 bits per heavy atom. The van der Waals surface area contributed by atoms with Crippen molar-refractivity contribution >= 4 is 39.9 Å². The standard InChI is InChI=1S/C39H42ClNO6/c1-6-46-32-17-25(16-27(40)37(32)47-22-24-12-9-11-23-10-7-8-13-26(23)24)34-35-28(18-38(2,3)20-30(35)42)41(15-14-33(44)45)29-19-39(4,5)21-31(43)36(29)34/h7-13,16-17,34H,6,14-15,18-22H2,1-5H3,(H,44,45). The zero-order valence-electron chi connectivity index (χ0n) is 27.7. The van der Waals surface area contributed by atoms with E-state index in [1.165, 1.54) is 0 Å². The second-order valence-electron chi connectivity index (χ2n) is 14.5. The van der Waals surface area contributed by atoms with Gasteiger partial charge in [0, 0.05) is 47.8 Å². The van der Waals surface area contributed by atoms with E-state index in [-0.39, 0.29) is 42.0 Å². The topological polar surface area (TPSA) is 93.1 Å². The minimum Gasteiger partial charge on any atom is -0.490 e. The van der Waals surface area contributed by atoms with E-state index in [0.717, 1.165) is 27.7 Å². The molecule has 7 nitrogen and oxygen atoms in total. The Bertz CT molecular complexity index is 1790. The molecular weight excluding hydrogens is 614 g/mol. The molecule has 246 valence electrons. The lowest BCUT2D eigenvalue weighted by molar-refractivity contribution is -0.137. The molecule has 0 aromatic heterocycles. The molecule has 1 aliphatic heterocycles. The minimum absolute atomic E-state index is 0.0314. The number of Topliss-reactive ketones (excluding diaryl/α,β-unsaturated/α-hetero) is 2. The quantitative estimate of drug-likeness (QED) is 0.247. The maximum atomic E-state index is 14.1. The first-order valence-corrected chi connectivity index (χ1v) is 16.7. The zero-order chi connectivity index (χ0) is 33.7. The average Bonchev–Trinajstić information content (AvgIpc) is 2.98. The maximum absolute atomic E-state index is 14.1. The van der Waals surface area contributed by atoms with Crippen molar-refractivity contribution < 1.29 is 29.0 Å². The molecule has 0 radical (unpaired) electrons. The lowest BCUT2D eigenvalue weighted by Gasteiger charge is -2.49. The summed E-state index contributed by atoms with van der Waals surface area (Å²) in [5, 5.41) is 12.2. The zero-order valence-corrected chi connectivity index (χ0v) is 28.5. The van der Waals surface area contributed by atoms with Crippen LogP contribution in [0, 0.1) is 10.8 Å². The molecule has 0 saturated carbocycles. The van der Waals surface area contributed by atoms with Crippen molar-refractivity contribution in [3.05, 3.63) is 93.3 Å². The van der Waals surface area contributed by atoms with Crippen LogP contribution in [0.1, 0.15) is 83.8 Å². The molecule has 0 saturated heterocycles. The predicted molar refractivity (Wildman–Crippen MR) is 183 cm³/mol. The summed E-state index contributed by atoms with van der Waals surface area (Å²) < 4.78 is 12.5. The molecule has 6 rings (SSSR count). The summed E-state index contributed by atoms with van der Waals surface area (Å²) in [7, 11) is 0. The van der Waals surface area contributed by atoms with E-state index >= 15 is 0 Å². The first-order valence-electron chi connectivity index (χ1n) is 16.4. The summed E-state index contributed by atoms with van der Waals surface area (Å²) in [6.45, 7) is 11.0. The molecule has 0 bridgehead atoms. The van der Waals surface area contributed by atoms with E-state index in [0.29, 0.717) is 65.5 Å². The second-order valence-corrected chi connectivity index (χ2v) is 14.9. The number of rotatable bonds is 9. The van der Waals surface area contributed by atoms with E-state index in [2.05, 4.69) is 45.9 Å². The third-order valence-corrected chi connectivity index (χ3v) is 9.77. The fourth-order valence-corrected chi connectivity index (χ4v) is 7.86. The largest absolute Gasteiger partial charge is 0.490 e. The summed E-state index contributed by atoms with van der Waals surface area (Å²) in [4.78, 5) is 42.0. The van der Waals surface area contributed by atoms with Gasteiger partial charge in [0.25, 0.3) is 0 Å². The summed E-state index contributed by atoms with van der Waals surface area (Å²) in [5.41, 5.74) is 3.81. The van der Waals surface area contributed by atoms with E-state index < -0.39 is 11.9 Å². The van der Waals surface area contributed by atoms with Crippen molar-refractivity contribution in [2.24, 2.45) is 10.8 Å². The van der Waals surface area contributed by atoms with Crippen molar-refractivity contribution in [3.8, 4) is 11.5 Å². The number of fused-ring (bicyclic) bond motifs is 1. The fraction of sp³-hybridized carbons (Fsp3) is 0.410. The van der Waals surface area contributed by atoms with Crippen molar-refractivity contribution in [1.29, 1.82) is 0 Å². The van der Waals surface area contributed by atoms with Gasteiger partial charge in [-0.15, -0.1) is 0 Å². The number of aliphatic carboxylic acids is 1. The van der Waals surface area contributed by atoms with Crippen molar-refractivity contribution in [2.45, 2.75) is 79.2 Å². The minimum atomic E-state index is -0.925. The molecule has 0 unspecified atom stereocenters. The molecule has 0 fully saturated rings. The van der Waals surface area contributed by atoms with Gasteiger partial charge in [-0.2, -0.15) is 0 Å².